The number of thioether (sulfide) groups is 1. The van der Waals surface area contributed by atoms with Crippen LogP contribution in [0.25, 0.3) is 11.4 Å². The maximum Gasteiger partial charge on any atom is 0.233 e. The van der Waals surface area contributed by atoms with E-state index >= 15 is 0 Å². The van der Waals surface area contributed by atoms with Gasteiger partial charge in [-0.15, -0.1) is 10.2 Å². The second-order valence-corrected chi connectivity index (χ2v) is 7.49. The minimum atomic E-state index is -0.320. The van der Waals surface area contributed by atoms with E-state index in [1.807, 2.05) is 31.5 Å². The normalized spacial score (nSPS) is 12.1. The molecule has 0 aliphatic carbocycles. The molecule has 1 aromatic carbocycles. The highest BCUT2D eigenvalue weighted by atomic mass is 32.2. The number of carbonyl (C=O) groups excluding carboxylic acids is 1. The van der Waals surface area contributed by atoms with Crippen molar-refractivity contribution in [3.8, 4) is 11.4 Å². The number of nitrogens with one attached hydrogen (secondary N) is 1. The second-order valence-electron chi connectivity index (χ2n) is 6.18. The molecular weight excluding hydrogens is 367 g/mol. The smallest absolute Gasteiger partial charge is 0.233 e. The predicted octanol–water partition coefficient (Wildman–Crippen LogP) is 3.36. The zero-order chi connectivity index (χ0) is 19.4. The van der Waals surface area contributed by atoms with E-state index in [0.717, 1.165) is 16.9 Å². The zero-order valence-corrected chi connectivity index (χ0v) is 16.2. The second kappa shape index (κ2) is 8.39. The molecule has 0 bridgehead atoms. The molecule has 6 nitrogen and oxygen atoms in total. The van der Waals surface area contributed by atoms with Crippen molar-refractivity contribution in [1.82, 2.24) is 20.1 Å². The van der Waals surface area contributed by atoms with Crippen molar-refractivity contribution in [2.45, 2.75) is 30.7 Å². The van der Waals surface area contributed by atoms with Crippen molar-refractivity contribution < 1.29 is 13.6 Å². The van der Waals surface area contributed by atoms with Crippen molar-refractivity contribution in [3.05, 3.63) is 53.7 Å². The van der Waals surface area contributed by atoms with Crippen molar-refractivity contribution in [2.75, 3.05) is 6.54 Å². The van der Waals surface area contributed by atoms with Crippen LogP contribution in [-0.4, -0.2) is 32.5 Å². The number of aryl methyl sites for hydroxylation is 1. The SMILES string of the molecule is Cc1occc1-c1nnc(S[C@@H](C)C(=O)NCCc2ccc(F)cc2)n1C. The molecule has 0 fully saturated rings. The van der Waals surface area contributed by atoms with E-state index in [-0.39, 0.29) is 17.0 Å². The topological polar surface area (TPSA) is 72.9 Å². The molecule has 0 aliphatic rings. The Morgan fingerprint density at radius 3 is 2.70 bits per heavy atom. The molecule has 0 radical (unpaired) electrons. The summed E-state index contributed by atoms with van der Waals surface area (Å²) in [5.41, 5.74) is 1.86. The molecule has 3 rings (SSSR count). The summed E-state index contributed by atoms with van der Waals surface area (Å²) in [7, 11) is 1.86. The molecule has 3 aromatic rings. The van der Waals surface area contributed by atoms with Gasteiger partial charge in [0.15, 0.2) is 11.0 Å². The molecule has 8 heteroatoms. The van der Waals surface area contributed by atoms with Gasteiger partial charge < -0.3 is 14.3 Å². The highest BCUT2D eigenvalue weighted by Crippen LogP contribution is 2.27. The van der Waals surface area contributed by atoms with Gasteiger partial charge in [0.2, 0.25) is 5.91 Å². The molecule has 1 amide bonds. The fraction of sp³-hybridized carbons (Fsp3) is 0.316. The van der Waals surface area contributed by atoms with E-state index in [1.165, 1.54) is 23.9 Å². The van der Waals surface area contributed by atoms with Gasteiger partial charge in [-0.1, -0.05) is 23.9 Å². The summed E-state index contributed by atoms with van der Waals surface area (Å²) in [5, 5.41) is 11.6. The molecule has 2 aromatic heterocycles. The lowest BCUT2D eigenvalue weighted by atomic mass is 10.1. The minimum Gasteiger partial charge on any atom is -0.469 e. The zero-order valence-electron chi connectivity index (χ0n) is 15.4. The molecule has 2 heterocycles. The lowest BCUT2D eigenvalue weighted by molar-refractivity contribution is -0.120. The third kappa shape index (κ3) is 4.57. The van der Waals surface area contributed by atoms with Crippen LogP contribution in [-0.2, 0) is 18.3 Å². The van der Waals surface area contributed by atoms with E-state index in [4.69, 9.17) is 4.42 Å². The maximum atomic E-state index is 12.9. The Kier molecular flexibility index (Phi) is 5.95. The van der Waals surface area contributed by atoms with Crippen LogP contribution in [0.2, 0.25) is 0 Å². The lowest BCUT2D eigenvalue weighted by Crippen LogP contribution is -2.32. The van der Waals surface area contributed by atoms with Crippen LogP contribution in [0.1, 0.15) is 18.2 Å². The number of carbonyl (C=O) groups is 1. The third-order valence-electron chi connectivity index (χ3n) is 4.21. The summed E-state index contributed by atoms with van der Waals surface area (Å²) in [5.74, 6) is 1.13. The van der Waals surface area contributed by atoms with Gasteiger partial charge in [0.1, 0.15) is 11.6 Å². The van der Waals surface area contributed by atoms with Crippen molar-refractivity contribution in [1.29, 1.82) is 0 Å². The molecular formula is C19H21FN4O2S. The quantitative estimate of drug-likeness (QED) is 0.629. The first-order valence-corrected chi connectivity index (χ1v) is 9.46. The summed E-state index contributed by atoms with van der Waals surface area (Å²) in [6.45, 7) is 4.19. The van der Waals surface area contributed by atoms with Gasteiger partial charge in [0.05, 0.1) is 17.1 Å². The number of furan rings is 1. The van der Waals surface area contributed by atoms with Crippen LogP contribution in [0.3, 0.4) is 0 Å². The van der Waals surface area contributed by atoms with Crippen LogP contribution in [0, 0.1) is 12.7 Å². The number of benzene rings is 1. The van der Waals surface area contributed by atoms with E-state index in [1.54, 1.807) is 18.4 Å². The first-order chi connectivity index (χ1) is 13.0. The highest BCUT2D eigenvalue weighted by Gasteiger charge is 2.20. The summed E-state index contributed by atoms with van der Waals surface area (Å²) in [4.78, 5) is 12.3. The van der Waals surface area contributed by atoms with E-state index in [9.17, 15) is 9.18 Å². The molecule has 142 valence electrons. The largest absolute Gasteiger partial charge is 0.469 e. The van der Waals surface area contributed by atoms with Gasteiger partial charge in [-0.3, -0.25) is 4.79 Å². The van der Waals surface area contributed by atoms with Crippen molar-refractivity contribution in [2.24, 2.45) is 7.05 Å². The Balaban J connectivity index is 1.54. The Hall–Kier alpha value is -2.61. The average molecular weight is 388 g/mol. The molecule has 0 unspecified atom stereocenters. The lowest BCUT2D eigenvalue weighted by Gasteiger charge is -2.11. The van der Waals surface area contributed by atoms with Crippen molar-refractivity contribution in [3.63, 3.8) is 0 Å². The molecule has 0 saturated carbocycles. The molecule has 0 saturated heterocycles. The predicted molar refractivity (Wildman–Crippen MR) is 102 cm³/mol. The Bertz CT molecular complexity index is 920. The fourth-order valence-corrected chi connectivity index (χ4v) is 3.44. The van der Waals surface area contributed by atoms with Gasteiger partial charge in [0.25, 0.3) is 0 Å². The maximum absolute atomic E-state index is 12.9. The number of rotatable bonds is 7. The van der Waals surface area contributed by atoms with E-state index < -0.39 is 0 Å². The van der Waals surface area contributed by atoms with Crippen molar-refractivity contribution >= 4 is 17.7 Å². The van der Waals surface area contributed by atoms with Crippen LogP contribution in [0.5, 0.6) is 0 Å². The Morgan fingerprint density at radius 1 is 1.30 bits per heavy atom. The van der Waals surface area contributed by atoms with Crippen LogP contribution in [0.15, 0.2) is 46.2 Å². The van der Waals surface area contributed by atoms with Gasteiger partial charge in [-0.05, 0) is 44.0 Å². The van der Waals surface area contributed by atoms with Gasteiger partial charge >= 0.3 is 0 Å². The van der Waals surface area contributed by atoms with E-state index in [0.29, 0.717) is 23.9 Å². The molecule has 27 heavy (non-hydrogen) atoms. The van der Waals surface area contributed by atoms with E-state index in [2.05, 4.69) is 15.5 Å². The first kappa shape index (κ1) is 19.2. The molecule has 0 spiro atoms. The first-order valence-electron chi connectivity index (χ1n) is 8.58. The van der Waals surface area contributed by atoms with Gasteiger partial charge in [-0.25, -0.2) is 4.39 Å². The molecule has 1 N–H and O–H groups in total. The summed E-state index contributed by atoms with van der Waals surface area (Å²) >= 11 is 1.35. The minimum absolute atomic E-state index is 0.0776. The standard InChI is InChI=1S/C19H21FN4O2S/c1-12-16(9-11-26-12)17-22-23-19(24(17)3)27-13(2)18(25)21-10-8-14-4-6-15(20)7-5-14/h4-7,9,11,13H,8,10H2,1-3H3,(H,21,25)/t13-/m0/s1. The molecule has 1 atom stereocenters. The Morgan fingerprint density at radius 2 is 2.04 bits per heavy atom. The van der Waals surface area contributed by atoms with Gasteiger partial charge in [-0.2, -0.15) is 0 Å². The number of nitrogens with zero attached hydrogens (tertiary/aromatic N) is 3. The number of hydrogen-bond donors (Lipinski definition) is 1. The average Bonchev–Trinajstić information content (AvgIpc) is 3.22. The van der Waals surface area contributed by atoms with Crippen LogP contribution < -0.4 is 5.32 Å². The highest BCUT2D eigenvalue weighted by molar-refractivity contribution is 8.00. The van der Waals surface area contributed by atoms with Gasteiger partial charge in [0, 0.05) is 13.6 Å². The number of amides is 1. The number of hydrogen-bond acceptors (Lipinski definition) is 5. The number of aromatic nitrogens is 3. The summed E-state index contributed by atoms with van der Waals surface area (Å²) in [6, 6.07) is 8.13. The van der Waals surface area contributed by atoms with Crippen LogP contribution in [0.4, 0.5) is 4.39 Å². The number of halogens is 1. The Labute approximate surface area is 161 Å². The molecule has 0 aliphatic heterocycles. The third-order valence-corrected chi connectivity index (χ3v) is 5.35. The monoisotopic (exact) mass is 388 g/mol. The fourth-order valence-electron chi connectivity index (χ4n) is 2.61. The summed E-state index contributed by atoms with van der Waals surface area (Å²) < 4.78 is 20.1. The van der Waals surface area contributed by atoms with Crippen LogP contribution >= 0.6 is 11.8 Å². The summed E-state index contributed by atoms with van der Waals surface area (Å²) in [6.07, 6.45) is 2.26.